The molecule has 7 nitrogen and oxygen atoms in total. The molecular weight excluding hydrogens is 410 g/mol. The lowest BCUT2D eigenvalue weighted by molar-refractivity contribution is 0.436. The molecule has 174 valence electrons. The number of benzene rings is 1. The minimum absolute atomic E-state index is 0.592. The third kappa shape index (κ3) is 6.57. The van der Waals surface area contributed by atoms with E-state index in [4.69, 9.17) is 9.98 Å². The van der Waals surface area contributed by atoms with Crippen LogP contribution >= 0.6 is 0 Å². The molecule has 1 fully saturated rings. The lowest BCUT2D eigenvalue weighted by Gasteiger charge is -2.31. The van der Waals surface area contributed by atoms with Crippen LogP contribution in [0.5, 0.6) is 0 Å². The Kier molecular flexibility index (Phi) is 7.95. The van der Waals surface area contributed by atoms with Crippen molar-refractivity contribution >= 4 is 11.8 Å². The maximum atomic E-state index is 4.78. The first-order chi connectivity index (χ1) is 16.2. The monoisotopic (exact) mass is 445 g/mol. The highest BCUT2D eigenvalue weighted by Crippen LogP contribution is 2.21. The van der Waals surface area contributed by atoms with Gasteiger partial charge in [0.05, 0.1) is 13.1 Å². The van der Waals surface area contributed by atoms with Crippen molar-refractivity contribution in [2.24, 2.45) is 10.9 Å². The topological polar surface area (TPSA) is 70.4 Å². The molecule has 0 spiro atoms. The van der Waals surface area contributed by atoms with Crippen LogP contribution in [-0.4, -0.2) is 40.4 Å². The van der Waals surface area contributed by atoms with E-state index < -0.39 is 0 Å². The Labute approximate surface area is 197 Å². The Hall–Kier alpha value is -3.35. The molecule has 3 aromatic rings. The summed E-state index contributed by atoms with van der Waals surface area (Å²) >= 11 is 0. The van der Waals surface area contributed by atoms with E-state index in [1.54, 1.807) is 0 Å². The van der Waals surface area contributed by atoms with Gasteiger partial charge in [-0.2, -0.15) is 5.10 Å². The summed E-state index contributed by atoms with van der Waals surface area (Å²) in [5.41, 5.74) is 3.59. The Balaban J connectivity index is 1.35. The number of pyridine rings is 1. The number of nitrogens with zero attached hydrogens (tertiary/aromatic N) is 5. The number of anilines is 1. The molecule has 0 unspecified atom stereocenters. The minimum Gasteiger partial charge on any atom is -0.357 e. The zero-order valence-electron chi connectivity index (χ0n) is 19.7. The average Bonchev–Trinajstić information content (AvgIpc) is 3.36. The fraction of sp³-hybridized carbons (Fsp3) is 0.423. The number of piperidine rings is 1. The number of rotatable bonds is 8. The van der Waals surface area contributed by atoms with Crippen LogP contribution in [0.3, 0.4) is 0 Å². The number of guanidine groups is 1. The highest BCUT2D eigenvalue weighted by atomic mass is 15.3. The third-order valence-corrected chi connectivity index (χ3v) is 6.14. The van der Waals surface area contributed by atoms with E-state index in [1.165, 1.54) is 24.0 Å². The van der Waals surface area contributed by atoms with E-state index in [9.17, 15) is 0 Å². The van der Waals surface area contributed by atoms with Gasteiger partial charge >= 0.3 is 0 Å². The van der Waals surface area contributed by atoms with Gasteiger partial charge in [-0.25, -0.2) is 9.98 Å². The first kappa shape index (κ1) is 22.8. The van der Waals surface area contributed by atoms with Crippen LogP contribution in [-0.2, 0) is 19.6 Å². The Morgan fingerprint density at radius 2 is 1.88 bits per heavy atom. The van der Waals surface area contributed by atoms with Gasteiger partial charge in [0.15, 0.2) is 5.96 Å². The summed E-state index contributed by atoms with van der Waals surface area (Å²) in [5.74, 6) is 2.71. The molecule has 0 aliphatic carbocycles. The van der Waals surface area contributed by atoms with E-state index in [2.05, 4.69) is 70.9 Å². The molecule has 1 saturated heterocycles. The standard InChI is InChI=1S/C26H35N7/c1-3-27-26(30-19-23-7-4-5-8-24(23)20-33-14-6-13-31-33)29-18-22-9-10-25(28-17-22)32-15-11-21(2)12-16-32/h4-10,13-14,17,21H,3,11-12,15-16,18-20H2,1-2H3,(H2,27,29,30). The molecule has 0 radical (unpaired) electrons. The first-order valence-electron chi connectivity index (χ1n) is 12.0. The number of hydrogen-bond acceptors (Lipinski definition) is 4. The summed E-state index contributed by atoms with van der Waals surface area (Å²) < 4.78 is 1.94. The predicted octanol–water partition coefficient (Wildman–Crippen LogP) is 3.82. The lowest BCUT2D eigenvalue weighted by Crippen LogP contribution is -2.37. The van der Waals surface area contributed by atoms with Crippen LogP contribution in [0.25, 0.3) is 0 Å². The fourth-order valence-electron chi connectivity index (χ4n) is 4.08. The number of aliphatic imine (C=N–C) groups is 1. The summed E-state index contributed by atoms with van der Waals surface area (Å²) in [7, 11) is 0. The highest BCUT2D eigenvalue weighted by molar-refractivity contribution is 5.79. The second-order valence-corrected chi connectivity index (χ2v) is 8.72. The van der Waals surface area contributed by atoms with Gasteiger partial charge in [0.2, 0.25) is 0 Å². The van der Waals surface area contributed by atoms with Crippen molar-refractivity contribution in [1.82, 2.24) is 25.4 Å². The second kappa shape index (κ2) is 11.5. The fourth-order valence-corrected chi connectivity index (χ4v) is 4.08. The van der Waals surface area contributed by atoms with E-state index in [0.717, 1.165) is 49.4 Å². The van der Waals surface area contributed by atoms with Gasteiger partial charge in [-0.05, 0) is 54.5 Å². The van der Waals surface area contributed by atoms with Crippen LogP contribution in [0, 0.1) is 5.92 Å². The smallest absolute Gasteiger partial charge is 0.191 e. The van der Waals surface area contributed by atoms with Crippen LogP contribution in [0.15, 0.2) is 66.0 Å². The molecule has 7 heteroatoms. The zero-order chi connectivity index (χ0) is 22.9. The summed E-state index contributed by atoms with van der Waals surface area (Å²) in [6, 6.07) is 14.7. The quantitative estimate of drug-likeness (QED) is 0.407. The zero-order valence-corrected chi connectivity index (χ0v) is 19.7. The molecule has 2 aromatic heterocycles. The molecule has 3 heterocycles. The van der Waals surface area contributed by atoms with Crippen molar-refractivity contribution in [3.8, 4) is 0 Å². The van der Waals surface area contributed by atoms with Gasteiger partial charge < -0.3 is 15.5 Å². The van der Waals surface area contributed by atoms with Crippen molar-refractivity contribution < 1.29 is 0 Å². The number of hydrogen-bond donors (Lipinski definition) is 2. The van der Waals surface area contributed by atoms with Crippen LogP contribution < -0.4 is 15.5 Å². The van der Waals surface area contributed by atoms with Crippen molar-refractivity contribution in [3.05, 3.63) is 77.7 Å². The molecule has 33 heavy (non-hydrogen) atoms. The Bertz CT molecular complexity index is 1000. The Morgan fingerprint density at radius 1 is 1.06 bits per heavy atom. The summed E-state index contributed by atoms with van der Waals surface area (Å²) in [6.07, 6.45) is 8.25. The average molecular weight is 446 g/mol. The minimum atomic E-state index is 0.592. The normalized spacial score (nSPS) is 15.0. The number of nitrogens with one attached hydrogen (secondary N) is 2. The SMILES string of the molecule is CCNC(=NCc1ccc(N2CCC(C)CC2)nc1)NCc1ccccc1Cn1cccn1. The number of aromatic nitrogens is 3. The molecule has 2 N–H and O–H groups in total. The van der Waals surface area contributed by atoms with Gasteiger partial charge in [0.25, 0.3) is 0 Å². The summed E-state index contributed by atoms with van der Waals surface area (Å²) in [6.45, 7) is 9.48. The maximum absolute atomic E-state index is 4.78. The van der Waals surface area contributed by atoms with Crippen molar-refractivity contribution in [1.29, 1.82) is 0 Å². The maximum Gasteiger partial charge on any atom is 0.191 e. The largest absolute Gasteiger partial charge is 0.357 e. The van der Waals surface area contributed by atoms with Gasteiger partial charge in [-0.15, -0.1) is 0 Å². The van der Waals surface area contributed by atoms with Gasteiger partial charge in [-0.3, -0.25) is 4.68 Å². The van der Waals surface area contributed by atoms with E-state index in [1.807, 2.05) is 29.3 Å². The van der Waals surface area contributed by atoms with Crippen LogP contribution in [0.2, 0.25) is 0 Å². The predicted molar refractivity (Wildman–Crippen MR) is 134 cm³/mol. The highest BCUT2D eigenvalue weighted by Gasteiger charge is 2.16. The van der Waals surface area contributed by atoms with E-state index in [-0.39, 0.29) is 0 Å². The van der Waals surface area contributed by atoms with Crippen molar-refractivity contribution in [2.75, 3.05) is 24.5 Å². The van der Waals surface area contributed by atoms with Crippen LogP contribution in [0.1, 0.15) is 43.4 Å². The third-order valence-electron chi connectivity index (χ3n) is 6.14. The lowest BCUT2D eigenvalue weighted by atomic mass is 9.99. The summed E-state index contributed by atoms with van der Waals surface area (Å²) in [4.78, 5) is 11.9. The van der Waals surface area contributed by atoms with Gasteiger partial charge in [-0.1, -0.05) is 37.3 Å². The first-order valence-corrected chi connectivity index (χ1v) is 12.0. The van der Waals surface area contributed by atoms with Crippen molar-refractivity contribution in [3.63, 3.8) is 0 Å². The molecule has 0 atom stereocenters. The van der Waals surface area contributed by atoms with Gasteiger partial charge in [0, 0.05) is 44.8 Å². The summed E-state index contributed by atoms with van der Waals surface area (Å²) in [5, 5.41) is 11.2. The molecule has 0 amide bonds. The Morgan fingerprint density at radius 3 is 2.58 bits per heavy atom. The molecule has 4 rings (SSSR count). The van der Waals surface area contributed by atoms with E-state index >= 15 is 0 Å². The molecule has 1 aliphatic rings. The second-order valence-electron chi connectivity index (χ2n) is 8.72. The van der Waals surface area contributed by atoms with E-state index in [0.29, 0.717) is 13.1 Å². The van der Waals surface area contributed by atoms with Crippen molar-refractivity contribution in [2.45, 2.75) is 46.3 Å². The molecule has 1 aromatic carbocycles. The molecule has 0 saturated carbocycles. The molecular formula is C26H35N7. The van der Waals surface area contributed by atoms with Crippen LogP contribution in [0.4, 0.5) is 5.82 Å². The molecule has 1 aliphatic heterocycles. The molecule has 0 bridgehead atoms. The van der Waals surface area contributed by atoms with Gasteiger partial charge in [0.1, 0.15) is 5.82 Å².